The Kier molecular flexibility index (Phi) is 2.68. The molecule has 0 amide bonds. The molecule has 1 aromatic heterocycles. The second-order valence-electron chi connectivity index (χ2n) is 4.92. The number of nitrogens with one attached hydrogen (secondary N) is 2. The molecule has 0 unspecified atom stereocenters. The summed E-state index contributed by atoms with van der Waals surface area (Å²) in [6.45, 7) is 4.50. The van der Waals surface area contributed by atoms with Crippen LogP contribution in [0.5, 0.6) is 0 Å². The third-order valence-corrected chi connectivity index (χ3v) is 4.35. The Bertz CT molecular complexity index is 559. The SMILES string of the molecule is CSc1ccc2[nH]c3c(c2c1)C[C@@H](C)N[C@H]3C. The predicted molar refractivity (Wildman–Crippen MR) is 74.8 cm³/mol. The van der Waals surface area contributed by atoms with Crippen LogP contribution in [-0.2, 0) is 6.42 Å². The molecule has 0 saturated carbocycles. The lowest BCUT2D eigenvalue weighted by molar-refractivity contribution is 0.441. The molecule has 0 spiro atoms. The average Bonchev–Trinajstić information content (AvgIpc) is 2.67. The normalized spacial score (nSPS) is 23.9. The molecule has 1 aliphatic heterocycles. The number of aromatic amines is 1. The Morgan fingerprint density at radius 3 is 2.88 bits per heavy atom. The fraction of sp³-hybridized carbons (Fsp3) is 0.429. The number of rotatable bonds is 1. The van der Waals surface area contributed by atoms with Gasteiger partial charge in [-0.2, -0.15) is 0 Å². The molecular weight excluding hydrogens is 228 g/mol. The zero-order chi connectivity index (χ0) is 12.0. The number of benzene rings is 1. The van der Waals surface area contributed by atoms with Crippen LogP contribution in [0.15, 0.2) is 23.1 Å². The zero-order valence-electron chi connectivity index (χ0n) is 10.5. The van der Waals surface area contributed by atoms with Crippen LogP contribution in [0.2, 0.25) is 0 Å². The summed E-state index contributed by atoms with van der Waals surface area (Å²) < 4.78 is 0. The summed E-state index contributed by atoms with van der Waals surface area (Å²) in [4.78, 5) is 4.91. The summed E-state index contributed by atoms with van der Waals surface area (Å²) in [5.74, 6) is 0. The molecule has 2 heterocycles. The molecule has 0 aliphatic carbocycles. The molecule has 2 atom stereocenters. The van der Waals surface area contributed by atoms with Gasteiger partial charge in [0.05, 0.1) is 0 Å². The van der Waals surface area contributed by atoms with Crippen LogP contribution < -0.4 is 5.32 Å². The molecule has 0 saturated heterocycles. The molecule has 0 bridgehead atoms. The largest absolute Gasteiger partial charge is 0.357 e. The minimum absolute atomic E-state index is 0.430. The van der Waals surface area contributed by atoms with Gasteiger partial charge in [-0.15, -0.1) is 11.8 Å². The topological polar surface area (TPSA) is 27.8 Å². The van der Waals surface area contributed by atoms with E-state index >= 15 is 0 Å². The van der Waals surface area contributed by atoms with Crippen LogP contribution >= 0.6 is 11.8 Å². The molecule has 2 nitrogen and oxygen atoms in total. The number of fused-ring (bicyclic) bond motifs is 3. The number of hydrogen-bond acceptors (Lipinski definition) is 2. The van der Waals surface area contributed by atoms with Gasteiger partial charge in [0.2, 0.25) is 0 Å². The van der Waals surface area contributed by atoms with Gasteiger partial charge >= 0.3 is 0 Å². The highest BCUT2D eigenvalue weighted by molar-refractivity contribution is 7.98. The molecular formula is C14H18N2S. The van der Waals surface area contributed by atoms with Gasteiger partial charge < -0.3 is 10.3 Å². The second-order valence-corrected chi connectivity index (χ2v) is 5.80. The fourth-order valence-corrected chi connectivity index (χ4v) is 3.28. The standard InChI is InChI=1S/C14H18N2S/c1-8-6-12-11-7-10(17-3)4-5-13(11)16-14(12)9(2)15-8/h4-5,7-9,15-16H,6H2,1-3H3/t8-,9+/m1/s1. The number of aromatic nitrogens is 1. The lowest BCUT2D eigenvalue weighted by atomic mass is 9.96. The van der Waals surface area contributed by atoms with Crippen LogP contribution in [0, 0.1) is 0 Å². The van der Waals surface area contributed by atoms with E-state index in [1.807, 2.05) is 11.8 Å². The Hall–Kier alpha value is -0.930. The van der Waals surface area contributed by atoms with Crippen molar-refractivity contribution in [1.29, 1.82) is 0 Å². The van der Waals surface area contributed by atoms with E-state index in [4.69, 9.17) is 0 Å². The third kappa shape index (κ3) is 1.78. The van der Waals surface area contributed by atoms with E-state index < -0.39 is 0 Å². The van der Waals surface area contributed by atoms with Crippen molar-refractivity contribution < 1.29 is 0 Å². The van der Waals surface area contributed by atoms with Crippen molar-refractivity contribution >= 4 is 22.7 Å². The van der Waals surface area contributed by atoms with E-state index in [0.717, 1.165) is 6.42 Å². The molecule has 90 valence electrons. The molecule has 17 heavy (non-hydrogen) atoms. The maximum Gasteiger partial charge on any atom is 0.0460 e. The number of thioether (sulfide) groups is 1. The van der Waals surface area contributed by atoms with E-state index in [2.05, 4.69) is 48.6 Å². The van der Waals surface area contributed by atoms with Crippen LogP contribution in [-0.4, -0.2) is 17.3 Å². The highest BCUT2D eigenvalue weighted by Gasteiger charge is 2.24. The van der Waals surface area contributed by atoms with Crippen molar-refractivity contribution in [1.82, 2.24) is 10.3 Å². The van der Waals surface area contributed by atoms with Crippen molar-refractivity contribution in [2.75, 3.05) is 6.26 Å². The van der Waals surface area contributed by atoms with Crippen LogP contribution in [0.4, 0.5) is 0 Å². The maximum absolute atomic E-state index is 3.59. The van der Waals surface area contributed by atoms with E-state index in [9.17, 15) is 0 Å². The Labute approximate surface area is 106 Å². The quantitative estimate of drug-likeness (QED) is 0.754. The van der Waals surface area contributed by atoms with Crippen molar-refractivity contribution in [3.05, 3.63) is 29.5 Å². The molecule has 3 rings (SSSR count). The zero-order valence-corrected chi connectivity index (χ0v) is 11.3. The van der Waals surface area contributed by atoms with Gasteiger partial charge in [0.25, 0.3) is 0 Å². The van der Waals surface area contributed by atoms with E-state index in [1.54, 1.807) is 0 Å². The molecule has 3 heteroatoms. The van der Waals surface area contributed by atoms with Gasteiger partial charge in [-0.1, -0.05) is 0 Å². The summed E-state index contributed by atoms with van der Waals surface area (Å²) in [6, 6.07) is 7.71. The Morgan fingerprint density at radius 2 is 2.12 bits per heavy atom. The Balaban J connectivity index is 2.22. The minimum atomic E-state index is 0.430. The lowest BCUT2D eigenvalue weighted by Gasteiger charge is -2.26. The van der Waals surface area contributed by atoms with Gasteiger partial charge in [-0.25, -0.2) is 0 Å². The lowest BCUT2D eigenvalue weighted by Crippen LogP contribution is -2.35. The predicted octanol–water partition coefficient (Wildman–Crippen LogP) is 3.49. The molecule has 2 aromatic rings. The second kappa shape index (κ2) is 4.07. The number of H-pyrrole nitrogens is 1. The molecule has 0 radical (unpaired) electrons. The highest BCUT2D eigenvalue weighted by Crippen LogP contribution is 2.33. The van der Waals surface area contributed by atoms with Crippen molar-refractivity contribution in [3.63, 3.8) is 0 Å². The van der Waals surface area contributed by atoms with Crippen molar-refractivity contribution in [2.45, 2.75) is 37.2 Å². The molecule has 2 N–H and O–H groups in total. The molecule has 1 aromatic carbocycles. The summed E-state index contributed by atoms with van der Waals surface area (Å²) in [6.07, 6.45) is 3.25. The number of hydrogen-bond donors (Lipinski definition) is 2. The van der Waals surface area contributed by atoms with Gasteiger partial charge in [-0.3, -0.25) is 0 Å². The van der Waals surface area contributed by atoms with E-state index in [1.165, 1.54) is 27.1 Å². The first kappa shape index (κ1) is 11.2. The van der Waals surface area contributed by atoms with Crippen molar-refractivity contribution in [2.24, 2.45) is 0 Å². The summed E-state index contributed by atoms with van der Waals surface area (Å²) in [5, 5.41) is 5.00. The van der Waals surface area contributed by atoms with Crippen LogP contribution in [0.3, 0.4) is 0 Å². The van der Waals surface area contributed by atoms with Gasteiger partial charge in [-0.05, 0) is 50.3 Å². The summed E-state index contributed by atoms with van der Waals surface area (Å²) in [5.41, 5.74) is 4.15. The van der Waals surface area contributed by atoms with Gasteiger partial charge in [0, 0.05) is 33.6 Å². The summed E-state index contributed by atoms with van der Waals surface area (Å²) in [7, 11) is 0. The molecule has 1 aliphatic rings. The average molecular weight is 246 g/mol. The van der Waals surface area contributed by atoms with Crippen LogP contribution in [0.25, 0.3) is 10.9 Å². The smallest absolute Gasteiger partial charge is 0.0460 e. The molecule has 0 fully saturated rings. The monoisotopic (exact) mass is 246 g/mol. The maximum atomic E-state index is 3.59. The van der Waals surface area contributed by atoms with Gasteiger partial charge in [0.1, 0.15) is 0 Å². The van der Waals surface area contributed by atoms with Crippen LogP contribution in [0.1, 0.15) is 31.1 Å². The summed E-state index contributed by atoms with van der Waals surface area (Å²) >= 11 is 1.81. The highest BCUT2D eigenvalue weighted by atomic mass is 32.2. The fourth-order valence-electron chi connectivity index (χ4n) is 2.84. The van der Waals surface area contributed by atoms with E-state index in [-0.39, 0.29) is 0 Å². The first-order valence-electron chi connectivity index (χ1n) is 6.13. The van der Waals surface area contributed by atoms with Gasteiger partial charge in [0.15, 0.2) is 0 Å². The van der Waals surface area contributed by atoms with E-state index in [0.29, 0.717) is 12.1 Å². The minimum Gasteiger partial charge on any atom is -0.357 e. The third-order valence-electron chi connectivity index (χ3n) is 3.62. The first-order chi connectivity index (χ1) is 8.19. The first-order valence-corrected chi connectivity index (χ1v) is 7.36. The Morgan fingerprint density at radius 1 is 1.29 bits per heavy atom. The van der Waals surface area contributed by atoms with Crippen molar-refractivity contribution in [3.8, 4) is 0 Å².